The van der Waals surface area contributed by atoms with Gasteiger partial charge in [0.25, 0.3) is 5.91 Å². The van der Waals surface area contributed by atoms with E-state index in [1.807, 2.05) is 23.1 Å². The molecule has 37 heavy (non-hydrogen) atoms. The summed E-state index contributed by atoms with van der Waals surface area (Å²) in [6, 6.07) is 12.0. The molecule has 5 rings (SSSR count). The molecule has 0 bridgehead atoms. The minimum absolute atomic E-state index is 0.00472. The van der Waals surface area contributed by atoms with Gasteiger partial charge in [-0.2, -0.15) is 18.4 Å². The van der Waals surface area contributed by atoms with Crippen molar-refractivity contribution in [3.8, 4) is 6.07 Å². The Morgan fingerprint density at radius 2 is 1.95 bits per heavy atom. The predicted molar refractivity (Wildman–Crippen MR) is 137 cm³/mol. The normalized spacial score (nSPS) is 18.2. The minimum Gasteiger partial charge on any atom is -0.355 e. The van der Waals surface area contributed by atoms with E-state index in [2.05, 4.69) is 17.5 Å². The molecule has 6 nitrogen and oxygen atoms in total. The van der Waals surface area contributed by atoms with E-state index >= 15 is 0 Å². The molecule has 2 heterocycles. The number of nitriles is 1. The summed E-state index contributed by atoms with van der Waals surface area (Å²) in [4.78, 5) is 31.8. The van der Waals surface area contributed by atoms with Crippen LogP contribution in [0.2, 0.25) is 0 Å². The lowest BCUT2D eigenvalue weighted by molar-refractivity contribution is -0.137. The molecule has 0 spiro atoms. The Bertz CT molecular complexity index is 1530. The minimum atomic E-state index is -4.58. The lowest BCUT2D eigenvalue weighted by atomic mass is 10.1. The van der Waals surface area contributed by atoms with E-state index in [1.54, 1.807) is 6.07 Å². The SMILES string of the molecule is CNC(=O)/C(C1=CCC2=S(C3=CC3)c3cc(C#N)ccc3N12)=C(/C)N(C=O)c1cccc(C(F)(F)F)c1. The maximum Gasteiger partial charge on any atom is 0.416 e. The van der Waals surface area contributed by atoms with E-state index in [4.69, 9.17) is 0 Å². The molecule has 1 N–H and O–H groups in total. The van der Waals surface area contributed by atoms with Gasteiger partial charge in [0.2, 0.25) is 6.41 Å². The number of halogens is 3. The highest BCUT2D eigenvalue weighted by Crippen LogP contribution is 2.57. The number of nitrogens with one attached hydrogen (secondary N) is 1. The molecular formula is C27H21F3N4O2S. The van der Waals surface area contributed by atoms with Crippen LogP contribution in [0.1, 0.15) is 30.9 Å². The lowest BCUT2D eigenvalue weighted by Gasteiger charge is -2.27. The molecule has 2 amide bonds. The fourth-order valence-corrected chi connectivity index (χ4v) is 7.09. The standard InChI is InChI=1S/C27H21F3N4O2S/c1-16(33(15-35)19-5-3-4-18(13-19)27(28,29)30)25(26(36)32-2)22-10-11-24-34(22)21-9-6-17(14-31)12-23(21)37(24)20-7-8-20/h3-7,9-10,12-13,15H,8,11H2,1-2H3,(H,32,36)/b25-16-. The number of allylic oxidation sites excluding steroid dienone is 3. The van der Waals surface area contributed by atoms with Gasteiger partial charge >= 0.3 is 6.18 Å². The number of carbonyl (C=O) groups excluding carboxylic acids is 2. The zero-order valence-corrected chi connectivity index (χ0v) is 20.7. The van der Waals surface area contributed by atoms with Gasteiger partial charge < -0.3 is 10.2 Å². The topological polar surface area (TPSA) is 76.4 Å². The largest absolute Gasteiger partial charge is 0.416 e. The predicted octanol–water partition coefficient (Wildman–Crippen LogP) is 5.41. The second-order valence-electron chi connectivity index (χ2n) is 8.56. The first-order valence-electron chi connectivity index (χ1n) is 11.4. The van der Waals surface area contributed by atoms with E-state index in [0.717, 1.165) is 39.0 Å². The maximum atomic E-state index is 13.3. The third kappa shape index (κ3) is 4.15. The Kier molecular flexibility index (Phi) is 6.04. The molecular weight excluding hydrogens is 501 g/mol. The highest BCUT2D eigenvalue weighted by Gasteiger charge is 2.39. The summed E-state index contributed by atoms with van der Waals surface area (Å²) in [5.41, 5.74) is 1.40. The number of carbonyl (C=O) groups is 2. The molecule has 0 radical (unpaired) electrons. The number of benzene rings is 2. The van der Waals surface area contributed by atoms with E-state index < -0.39 is 17.6 Å². The van der Waals surface area contributed by atoms with Gasteiger partial charge in [0.15, 0.2) is 0 Å². The summed E-state index contributed by atoms with van der Waals surface area (Å²) in [6.45, 7) is 1.54. The van der Waals surface area contributed by atoms with Crippen LogP contribution in [0.5, 0.6) is 0 Å². The highest BCUT2D eigenvalue weighted by atomic mass is 32.2. The van der Waals surface area contributed by atoms with Gasteiger partial charge in [0, 0.05) is 29.7 Å². The van der Waals surface area contributed by atoms with E-state index in [1.165, 1.54) is 31.0 Å². The molecule has 0 saturated heterocycles. The first kappa shape index (κ1) is 24.6. The first-order valence-corrected chi connectivity index (χ1v) is 12.6. The molecule has 0 saturated carbocycles. The number of anilines is 2. The summed E-state index contributed by atoms with van der Waals surface area (Å²) in [6.07, 6.45) is 1.32. The third-order valence-corrected chi connectivity index (χ3v) is 8.81. The van der Waals surface area contributed by atoms with Crippen molar-refractivity contribution in [1.29, 1.82) is 5.26 Å². The second kappa shape index (κ2) is 9.09. The summed E-state index contributed by atoms with van der Waals surface area (Å²) < 4.78 is 40.0. The first-order chi connectivity index (χ1) is 17.7. The summed E-state index contributed by atoms with van der Waals surface area (Å²) >= 11 is 0. The van der Waals surface area contributed by atoms with Gasteiger partial charge in [-0.05, 0) is 54.6 Å². The van der Waals surface area contributed by atoms with Crippen molar-refractivity contribution in [3.05, 3.63) is 87.6 Å². The second-order valence-corrected chi connectivity index (χ2v) is 10.6. The number of likely N-dealkylation sites (N-methyl/N-ethyl adjacent to an activating group) is 1. The number of nitrogens with zero attached hydrogens (tertiary/aromatic N) is 3. The molecule has 10 heteroatoms. The van der Waals surface area contributed by atoms with Crippen LogP contribution in [0.4, 0.5) is 24.5 Å². The number of hydrogen-bond donors (Lipinski definition) is 1. The zero-order chi connectivity index (χ0) is 26.5. The molecule has 0 aromatic heterocycles. The van der Waals surface area contributed by atoms with Crippen LogP contribution < -0.4 is 15.1 Å². The fraction of sp³-hybridized carbons (Fsp3) is 0.185. The molecule has 1 aliphatic carbocycles. The Morgan fingerprint density at radius 1 is 1.19 bits per heavy atom. The van der Waals surface area contributed by atoms with Crippen molar-refractivity contribution >= 4 is 39.2 Å². The summed E-state index contributed by atoms with van der Waals surface area (Å²) in [5, 5.41) is 12.0. The zero-order valence-electron chi connectivity index (χ0n) is 19.9. The molecule has 188 valence electrons. The van der Waals surface area contributed by atoms with Crippen molar-refractivity contribution in [3.63, 3.8) is 0 Å². The van der Waals surface area contributed by atoms with Crippen molar-refractivity contribution < 1.29 is 22.8 Å². The molecule has 2 aromatic rings. The number of fused-ring (bicyclic) bond motifs is 3. The Labute approximate surface area is 213 Å². The van der Waals surface area contributed by atoms with Gasteiger partial charge in [0.1, 0.15) is 0 Å². The monoisotopic (exact) mass is 522 g/mol. The average molecular weight is 523 g/mol. The van der Waals surface area contributed by atoms with Crippen molar-refractivity contribution in [1.82, 2.24) is 5.32 Å². The Morgan fingerprint density at radius 3 is 2.57 bits per heavy atom. The number of amides is 2. The molecule has 2 aromatic carbocycles. The van der Waals surface area contributed by atoms with Crippen LogP contribution in [0.3, 0.4) is 0 Å². The van der Waals surface area contributed by atoms with Crippen molar-refractivity contribution in [2.45, 2.75) is 30.8 Å². The van der Waals surface area contributed by atoms with E-state index in [-0.39, 0.29) is 27.4 Å². The average Bonchev–Trinajstić information content (AvgIpc) is 3.55. The van der Waals surface area contributed by atoms with Gasteiger partial charge in [-0.15, -0.1) is 10.5 Å². The third-order valence-electron chi connectivity index (χ3n) is 6.37. The molecule has 1 unspecified atom stereocenters. The fourth-order valence-electron chi connectivity index (χ4n) is 4.59. The molecule has 0 fully saturated rings. The van der Waals surface area contributed by atoms with Gasteiger partial charge in [-0.25, -0.2) is 0 Å². The quantitative estimate of drug-likeness (QED) is 0.313. The van der Waals surface area contributed by atoms with Gasteiger partial charge in [0.05, 0.1) is 39.1 Å². The van der Waals surface area contributed by atoms with E-state index in [0.29, 0.717) is 24.1 Å². The Hall–Kier alpha value is -4.10. The van der Waals surface area contributed by atoms with Crippen LogP contribution in [0.25, 0.3) is 0 Å². The van der Waals surface area contributed by atoms with Crippen molar-refractivity contribution in [2.24, 2.45) is 0 Å². The number of alkyl halides is 3. The highest BCUT2D eigenvalue weighted by molar-refractivity contribution is 8.20. The molecule has 2 aliphatic heterocycles. The smallest absolute Gasteiger partial charge is 0.355 e. The maximum absolute atomic E-state index is 13.3. The lowest BCUT2D eigenvalue weighted by Crippen LogP contribution is -2.33. The van der Waals surface area contributed by atoms with Crippen LogP contribution in [0.15, 0.2) is 81.4 Å². The van der Waals surface area contributed by atoms with Crippen LogP contribution in [-0.4, -0.2) is 24.4 Å². The van der Waals surface area contributed by atoms with Crippen LogP contribution >= 0.6 is 10.5 Å². The molecule has 3 aliphatic rings. The van der Waals surface area contributed by atoms with Gasteiger partial charge in [-0.3, -0.25) is 14.5 Å². The van der Waals surface area contributed by atoms with Crippen LogP contribution in [0, 0.1) is 11.3 Å². The number of hydrogen-bond acceptors (Lipinski definition) is 4. The van der Waals surface area contributed by atoms with Gasteiger partial charge in [-0.1, -0.05) is 18.2 Å². The number of rotatable bonds is 6. The summed E-state index contributed by atoms with van der Waals surface area (Å²) in [5.74, 6) is -0.476. The summed E-state index contributed by atoms with van der Waals surface area (Å²) in [7, 11) is 1.11. The molecule has 1 atom stereocenters. The van der Waals surface area contributed by atoms with E-state index in [9.17, 15) is 28.0 Å². The van der Waals surface area contributed by atoms with Crippen molar-refractivity contribution in [2.75, 3.05) is 16.8 Å². The Balaban J connectivity index is 1.65. The van der Waals surface area contributed by atoms with Crippen LogP contribution in [-0.2, 0) is 15.8 Å².